The third kappa shape index (κ3) is 7.32. The summed E-state index contributed by atoms with van der Waals surface area (Å²) in [7, 11) is 0. The molecule has 160 valence electrons. The van der Waals surface area contributed by atoms with Crippen LogP contribution in [0.15, 0.2) is 67.3 Å². The zero-order valence-corrected chi connectivity index (χ0v) is 18.5. The molecule has 4 heterocycles. The first-order valence-electron chi connectivity index (χ1n) is 9.05. The standard InChI is InChI=1S/C11H9FN2O2S.C10H9ClN2S/c12-10-2-1-7(17-10)5-14-9-6-13-4-3-8(9)11(15)16;11-10-4-3-9(14-10)7-13-8-2-1-5-12-6-8/h1-4,6,14H,5H2,(H,15,16);1-6,13H,7H2. The number of aromatic carboxylic acids is 1. The van der Waals surface area contributed by atoms with Crippen molar-refractivity contribution in [3.63, 3.8) is 0 Å². The van der Waals surface area contributed by atoms with E-state index in [1.54, 1.807) is 29.8 Å². The number of pyridine rings is 2. The van der Waals surface area contributed by atoms with E-state index in [1.807, 2.05) is 24.3 Å². The van der Waals surface area contributed by atoms with Gasteiger partial charge in [0.2, 0.25) is 0 Å². The van der Waals surface area contributed by atoms with Gasteiger partial charge in [0, 0.05) is 41.4 Å². The Morgan fingerprint density at radius 2 is 1.71 bits per heavy atom. The Morgan fingerprint density at radius 1 is 0.968 bits per heavy atom. The highest BCUT2D eigenvalue weighted by molar-refractivity contribution is 7.16. The van der Waals surface area contributed by atoms with Gasteiger partial charge in [0.1, 0.15) is 0 Å². The second-order valence-corrected chi connectivity index (χ2v) is 9.01. The molecule has 0 unspecified atom stereocenters. The normalized spacial score (nSPS) is 10.1. The molecular formula is C21H18ClFN4O2S2. The Bertz CT molecular complexity index is 1120. The molecule has 0 amide bonds. The van der Waals surface area contributed by atoms with Crippen LogP contribution >= 0.6 is 34.3 Å². The zero-order chi connectivity index (χ0) is 22.1. The average molecular weight is 477 g/mol. The number of halogens is 2. The van der Waals surface area contributed by atoms with Crippen molar-refractivity contribution in [1.82, 2.24) is 9.97 Å². The molecule has 0 spiro atoms. The molecule has 10 heteroatoms. The molecule has 4 aromatic rings. The number of carboxylic acids is 1. The van der Waals surface area contributed by atoms with Crippen molar-refractivity contribution < 1.29 is 14.3 Å². The number of carbonyl (C=O) groups is 1. The molecule has 0 aliphatic rings. The average Bonchev–Trinajstić information content (AvgIpc) is 3.39. The molecule has 4 rings (SSSR count). The molecule has 0 saturated heterocycles. The van der Waals surface area contributed by atoms with Crippen LogP contribution in [0.3, 0.4) is 0 Å². The summed E-state index contributed by atoms with van der Waals surface area (Å²) >= 11 is 8.43. The smallest absolute Gasteiger partial charge is 0.337 e. The molecule has 0 radical (unpaired) electrons. The maximum atomic E-state index is 12.7. The SMILES string of the molecule is Clc1ccc(CNc2cccnc2)s1.O=C(O)c1ccncc1NCc1ccc(F)s1. The van der Waals surface area contributed by atoms with Crippen molar-refractivity contribution in [3.05, 3.63) is 92.0 Å². The van der Waals surface area contributed by atoms with Crippen LogP contribution in [0.2, 0.25) is 4.34 Å². The Morgan fingerprint density at radius 3 is 2.35 bits per heavy atom. The predicted molar refractivity (Wildman–Crippen MR) is 124 cm³/mol. The Labute approximate surface area is 191 Å². The van der Waals surface area contributed by atoms with Crippen molar-refractivity contribution in [1.29, 1.82) is 0 Å². The minimum atomic E-state index is -1.02. The molecule has 0 atom stereocenters. The van der Waals surface area contributed by atoms with Gasteiger partial charge in [-0.2, -0.15) is 4.39 Å². The van der Waals surface area contributed by atoms with Crippen LogP contribution in [-0.2, 0) is 13.1 Å². The highest BCUT2D eigenvalue weighted by Gasteiger charge is 2.09. The number of rotatable bonds is 7. The number of nitrogens with one attached hydrogen (secondary N) is 2. The zero-order valence-electron chi connectivity index (χ0n) is 16.1. The first kappa shape index (κ1) is 22.7. The van der Waals surface area contributed by atoms with E-state index in [1.165, 1.54) is 29.4 Å². The number of hydrogen-bond donors (Lipinski definition) is 3. The van der Waals surface area contributed by atoms with Crippen molar-refractivity contribution in [2.24, 2.45) is 0 Å². The summed E-state index contributed by atoms with van der Waals surface area (Å²) in [5.74, 6) is -1.02. The van der Waals surface area contributed by atoms with E-state index >= 15 is 0 Å². The van der Waals surface area contributed by atoms with Gasteiger partial charge in [-0.25, -0.2) is 4.79 Å². The van der Waals surface area contributed by atoms with E-state index < -0.39 is 5.97 Å². The van der Waals surface area contributed by atoms with Gasteiger partial charge in [-0.3, -0.25) is 9.97 Å². The van der Waals surface area contributed by atoms with Gasteiger partial charge in [-0.15, -0.1) is 22.7 Å². The van der Waals surface area contributed by atoms with E-state index in [0.29, 0.717) is 12.2 Å². The summed E-state index contributed by atoms with van der Waals surface area (Å²) in [6, 6.07) is 12.3. The quantitative estimate of drug-likeness (QED) is 0.303. The molecule has 0 saturated carbocycles. The predicted octanol–water partition coefficient (Wildman–Crippen LogP) is 6.00. The molecule has 0 aliphatic carbocycles. The fourth-order valence-electron chi connectivity index (χ4n) is 2.45. The Hall–Kier alpha value is -3.01. The van der Waals surface area contributed by atoms with Gasteiger partial charge < -0.3 is 15.7 Å². The van der Waals surface area contributed by atoms with Crippen LogP contribution in [0.1, 0.15) is 20.1 Å². The lowest BCUT2D eigenvalue weighted by atomic mass is 10.2. The van der Waals surface area contributed by atoms with Crippen LogP contribution in [0.4, 0.5) is 15.8 Å². The van der Waals surface area contributed by atoms with Crippen molar-refractivity contribution in [2.75, 3.05) is 10.6 Å². The second kappa shape index (κ2) is 11.4. The Kier molecular flexibility index (Phi) is 8.34. The summed E-state index contributed by atoms with van der Waals surface area (Å²) in [5.41, 5.74) is 1.60. The van der Waals surface area contributed by atoms with Gasteiger partial charge in [0.15, 0.2) is 5.13 Å². The molecule has 4 aromatic heterocycles. The molecule has 0 bridgehead atoms. The number of nitrogens with zero attached hydrogens (tertiary/aromatic N) is 2. The van der Waals surface area contributed by atoms with Crippen LogP contribution in [0.25, 0.3) is 0 Å². The summed E-state index contributed by atoms with van der Waals surface area (Å²) in [4.78, 5) is 20.8. The summed E-state index contributed by atoms with van der Waals surface area (Å²) in [6.45, 7) is 1.17. The monoisotopic (exact) mass is 476 g/mol. The van der Waals surface area contributed by atoms with Gasteiger partial charge in [0.05, 0.1) is 27.5 Å². The van der Waals surface area contributed by atoms with Crippen LogP contribution < -0.4 is 10.6 Å². The molecule has 0 aliphatic heterocycles. The summed E-state index contributed by atoms with van der Waals surface area (Å²) in [6.07, 6.45) is 6.41. The summed E-state index contributed by atoms with van der Waals surface area (Å²) < 4.78 is 13.6. The lowest BCUT2D eigenvalue weighted by Crippen LogP contribution is -2.06. The number of carboxylic acid groups (broad SMARTS) is 1. The maximum Gasteiger partial charge on any atom is 0.337 e. The molecule has 0 aromatic carbocycles. The van der Waals surface area contributed by atoms with E-state index in [-0.39, 0.29) is 10.7 Å². The minimum Gasteiger partial charge on any atom is -0.478 e. The van der Waals surface area contributed by atoms with Gasteiger partial charge in [0.25, 0.3) is 0 Å². The number of hydrogen-bond acceptors (Lipinski definition) is 7. The van der Waals surface area contributed by atoms with Crippen molar-refractivity contribution >= 4 is 51.6 Å². The molecule has 6 nitrogen and oxygen atoms in total. The van der Waals surface area contributed by atoms with E-state index in [9.17, 15) is 9.18 Å². The van der Waals surface area contributed by atoms with E-state index in [2.05, 4.69) is 20.6 Å². The van der Waals surface area contributed by atoms with Crippen LogP contribution in [0, 0.1) is 5.13 Å². The number of anilines is 2. The lowest BCUT2D eigenvalue weighted by Gasteiger charge is -2.07. The van der Waals surface area contributed by atoms with E-state index in [4.69, 9.17) is 16.7 Å². The first-order chi connectivity index (χ1) is 15.0. The van der Waals surface area contributed by atoms with Gasteiger partial charge in [-0.05, 0) is 42.5 Å². The molecule has 0 fully saturated rings. The maximum absolute atomic E-state index is 12.7. The van der Waals surface area contributed by atoms with Gasteiger partial charge in [-0.1, -0.05) is 11.6 Å². The third-order valence-electron chi connectivity index (χ3n) is 3.89. The molecular weight excluding hydrogens is 459 g/mol. The minimum absolute atomic E-state index is 0.150. The van der Waals surface area contributed by atoms with E-state index in [0.717, 1.165) is 32.8 Å². The summed E-state index contributed by atoms with van der Waals surface area (Å²) in [5, 5.41) is 14.9. The molecule has 31 heavy (non-hydrogen) atoms. The van der Waals surface area contributed by atoms with Crippen molar-refractivity contribution in [2.45, 2.75) is 13.1 Å². The number of aromatic nitrogens is 2. The lowest BCUT2D eigenvalue weighted by molar-refractivity contribution is 0.0697. The second-order valence-electron chi connectivity index (χ2n) is 6.09. The fourth-order valence-corrected chi connectivity index (χ4v) is 4.15. The fraction of sp³-hybridized carbons (Fsp3) is 0.0952. The van der Waals surface area contributed by atoms with Crippen LogP contribution in [0.5, 0.6) is 0 Å². The van der Waals surface area contributed by atoms with Crippen LogP contribution in [-0.4, -0.2) is 21.0 Å². The number of thiophene rings is 2. The third-order valence-corrected chi connectivity index (χ3v) is 6.00. The van der Waals surface area contributed by atoms with Gasteiger partial charge >= 0.3 is 5.97 Å². The topological polar surface area (TPSA) is 87.1 Å². The van der Waals surface area contributed by atoms with Crippen molar-refractivity contribution in [3.8, 4) is 0 Å². The highest BCUT2D eigenvalue weighted by Crippen LogP contribution is 2.22. The highest BCUT2D eigenvalue weighted by atomic mass is 35.5. The molecule has 3 N–H and O–H groups in total. The Balaban J connectivity index is 0.000000179. The largest absolute Gasteiger partial charge is 0.478 e. The first-order valence-corrected chi connectivity index (χ1v) is 11.1.